The largest absolute Gasteiger partial charge is 0.453 e. The van der Waals surface area contributed by atoms with Crippen LogP contribution in [0.5, 0.6) is 0 Å². The van der Waals surface area contributed by atoms with E-state index in [0.29, 0.717) is 6.07 Å². The molecule has 104 valence electrons. The summed E-state index contributed by atoms with van der Waals surface area (Å²) in [4.78, 5) is 22.1. The van der Waals surface area contributed by atoms with Gasteiger partial charge in [-0.3, -0.25) is 4.79 Å². The zero-order valence-electron chi connectivity index (χ0n) is 9.93. The molecule has 0 heterocycles. The van der Waals surface area contributed by atoms with E-state index < -0.39 is 35.0 Å². The van der Waals surface area contributed by atoms with Crippen LogP contribution in [0.25, 0.3) is 0 Å². The van der Waals surface area contributed by atoms with E-state index >= 15 is 0 Å². The number of nitrogens with one attached hydrogen (secondary N) is 2. The summed E-state index contributed by atoms with van der Waals surface area (Å²) in [6, 6.07) is 1.48. The highest BCUT2D eigenvalue weighted by molar-refractivity contribution is 5.94. The van der Waals surface area contributed by atoms with Gasteiger partial charge in [-0.25, -0.2) is 18.0 Å². The number of hydrogen-bond donors (Lipinski definition) is 2. The molecule has 0 aromatic heterocycles. The van der Waals surface area contributed by atoms with E-state index in [1.165, 1.54) is 7.11 Å². The molecule has 0 aliphatic heterocycles. The van der Waals surface area contributed by atoms with Gasteiger partial charge in [0, 0.05) is 13.1 Å². The molecule has 1 aromatic carbocycles. The highest BCUT2D eigenvalue weighted by Crippen LogP contribution is 2.14. The lowest BCUT2D eigenvalue weighted by atomic mass is 10.2. The normalized spacial score (nSPS) is 9.89. The van der Waals surface area contributed by atoms with Crippen LogP contribution in [0, 0.1) is 17.5 Å². The summed E-state index contributed by atoms with van der Waals surface area (Å²) < 4.78 is 43.1. The van der Waals surface area contributed by atoms with Crippen molar-refractivity contribution >= 4 is 12.0 Å². The fourth-order valence-corrected chi connectivity index (χ4v) is 1.21. The summed E-state index contributed by atoms with van der Waals surface area (Å²) in [6.45, 7) is 0.0239. The average Bonchev–Trinajstić information content (AvgIpc) is 2.40. The molecule has 0 radical (unpaired) electrons. The number of methoxy groups -OCH3 is 1. The number of halogens is 3. The first kappa shape index (κ1) is 14.8. The quantitative estimate of drug-likeness (QED) is 0.641. The van der Waals surface area contributed by atoms with Crippen LogP contribution in [0.15, 0.2) is 12.1 Å². The van der Waals surface area contributed by atoms with Crippen LogP contribution < -0.4 is 10.6 Å². The van der Waals surface area contributed by atoms with Gasteiger partial charge in [0.2, 0.25) is 0 Å². The lowest BCUT2D eigenvalue weighted by Gasteiger charge is -2.07. The summed E-state index contributed by atoms with van der Waals surface area (Å²) in [5.74, 6) is -5.55. The molecule has 5 nitrogen and oxygen atoms in total. The van der Waals surface area contributed by atoms with Crippen molar-refractivity contribution in [3.63, 3.8) is 0 Å². The molecule has 0 bridgehead atoms. The minimum absolute atomic E-state index is 0.0215. The van der Waals surface area contributed by atoms with E-state index in [1.54, 1.807) is 0 Å². The van der Waals surface area contributed by atoms with Gasteiger partial charge in [-0.1, -0.05) is 0 Å². The van der Waals surface area contributed by atoms with E-state index in [9.17, 15) is 22.8 Å². The van der Waals surface area contributed by atoms with Crippen LogP contribution in [0.3, 0.4) is 0 Å². The second-order valence-electron chi connectivity index (χ2n) is 3.40. The molecule has 8 heteroatoms. The highest BCUT2D eigenvalue weighted by atomic mass is 19.2. The first-order chi connectivity index (χ1) is 8.97. The van der Waals surface area contributed by atoms with E-state index in [4.69, 9.17) is 0 Å². The van der Waals surface area contributed by atoms with Crippen molar-refractivity contribution in [3.8, 4) is 0 Å². The van der Waals surface area contributed by atoms with Crippen molar-refractivity contribution in [2.75, 3.05) is 20.2 Å². The average molecular weight is 276 g/mol. The number of carbonyl (C=O) groups is 2. The van der Waals surface area contributed by atoms with Crippen molar-refractivity contribution in [1.82, 2.24) is 10.6 Å². The number of amides is 2. The summed E-state index contributed by atoms with van der Waals surface area (Å²) in [5, 5.41) is 4.50. The molecule has 0 atom stereocenters. The summed E-state index contributed by atoms with van der Waals surface area (Å²) in [6.07, 6.45) is -0.687. The third-order valence-electron chi connectivity index (χ3n) is 2.15. The van der Waals surface area contributed by atoms with Gasteiger partial charge in [-0.05, 0) is 12.1 Å². The predicted octanol–water partition coefficient (Wildman–Crippen LogP) is 1.19. The van der Waals surface area contributed by atoms with Crippen molar-refractivity contribution in [1.29, 1.82) is 0 Å². The van der Waals surface area contributed by atoms with E-state index in [1.807, 2.05) is 0 Å². The number of carbonyl (C=O) groups excluding carboxylic acids is 2. The summed E-state index contributed by atoms with van der Waals surface area (Å²) in [7, 11) is 1.17. The maximum absolute atomic E-state index is 13.2. The molecular weight excluding hydrogens is 265 g/mol. The molecule has 0 unspecified atom stereocenters. The van der Waals surface area contributed by atoms with Gasteiger partial charge in [0.05, 0.1) is 12.7 Å². The topological polar surface area (TPSA) is 67.4 Å². The summed E-state index contributed by atoms with van der Waals surface area (Å²) in [5.41, 5.74) is -0.614. The Balaban J connectivity index is 2.55. The van der Waals surface area contributed by atoms with Crippen LogP contribution >= 0.6 is 0 Å². The van der Waals surface area contributed by atoms with Crippen molar-refractivity contribution in [2.24, 2.45) is 0 Å². The molecule has 2 amide bonds. The van der Waals surface area contributed by atoms with E-state index in [0.717, 1.165) is 6.07 Å². The van der Waals surface area contributed by atoms with Crippen molar-refractivity contribution in [2.45, 2.75) is 0 Å². The molecule has 0 saturated heterocycles. The van der Waals surface area contributed by atoms with Gasteiger partial charge in [0.1, 0.15) is 0 Å². The van der Waals surface area contributed by atoms with Gasteiger partial charge in [0.25, 0.3) is 5.91 Å². The van der Waals surface area contributed by atoms with Crippen LogP contribution in [0.2, 0.25) is 0 Å². The number of alkyl carbamates (subject to hydrolysis) is 1. The van der Waals surface area contributed by atoms with E-state index in [-0.39, 0.29) is 13.1 Å². The zero-order chi connectivity index (χ0) is 14.4. The minimum Gasteiger partial charge on any atom is -0.453 e. The first-order valence-electron chi connectivity index (χ1n) is 5.21. The second kappa shape index (κ2) is 6.62. The lowest BCUT2D eigenvalue weighted by molar-refractivity contribution is 0.0947. The van der Waals surface area contributed by atoms with Crippen LogP contribution in [0.4, 0.5) is 18.0 Å². The van der Waals surface area contributed by atoms with E-state index in [2.05, 4.69) is 15.4 Å². The highest BCUT2D eigenvalue weighted by Gasteiger charge is 2.18. The number of rotatable bonds is 4. The van der Waals surface area contributed by atoms with Gasteiger partial charge < -0.3 is 15.4 Å². The van der Waals surface area contributed by atoms with Gasteiger partial charge >= 0.3 is 6.09 Å². The molecule has 0 aliphatic rings. The Morgan fingerprint density at radius 2 is 1.74 bits per heavy atom. The Kier molecular flexibility index (Phi) is 5.16. The molecule has 1 rings (SSSR count). The standard InChI is InChI=1S/C11H11F3N2O3/c1-19-11(18)16-5-4-15-10(17)6-2-3-7(12)9(14)8(6)13/h2-3H,4-5H2,1H3,(H,15,17)(H,16,18). The molecule has 0 saturated carbocycles. The number of ether oxygens (including phenoxy) is 1. The van der Waals surface area contributed by atoms with Crippen LogP contribution in [-0.2, 0) is 4.74 Å². The fraction of sp³-hybridized carbons (Fsp3) is 0.273. The molecule has 0 fully saturated rings. The molecule has 0 spiro atoms. The van der Waals surface area contributed by atoms with Gasteiger partial charge in [-0.2, -0.15) is 0 Å². The third kappa shape index (κ3) is 3.87. The fourth-order valence-electron chi connectivity index (χ4n) is 1.21. The molecule has 19 heavy (non-hydrogen) atoms. The predicted molar refractivity (Wildman–Crippen MR) is 59.1 cm³/mol. The van der Waals surface area contributed by atoms with Crippen LogP contribution in [-0.4, -0.2) is 32.2 Å². The number of hydrogen-bond acceptors (Lipinski definition) is 3. The second-order valence-corrected chi connectivity index (χ2v) is 3.40. The first-order valence-corrected chi connectivity index (χ1v) is 5.21. The Labute approximate surface area is 106 Å². The number of benzene rings is 1. The third-order valence-corrected chi connectivity index (χ3v) is 2.15. The minimum atomic E-state index is -1.71. The molecular formula is C11H11F3N2O3. The van der Waals surface area contributed by atoms with Crippen molar-refractivity contribution in [3.05, 3.63) is 35.1 Å². The lowest BCUT2D eigenvalue weighted by Crippen LogP contribution is -2.35. The monoisotopic (exact) mass is 276 g/mol. The smallest absolute Gasteiger partial charge is 0.406 e. The maximum Gasteiger partial charge on any atom is 0.406 e. The Morgan fingerprint density at radius 1 is 1.11 bits per heavy atom. The van der Waals surface area contributed by atoms with Crippen molar-refractivity contribution < 1.29 is 27.5 Å². The Bertz CT molecular complexity index is 494. The summed E-state index contributed by atoms with van der Waals surface area (Å²) >= 11 is 0. The Hall–Kier alpha value is -2.25. The molecule has 0 aliphatic carbocycles. The van der Waals surface area contributed by atoms with Gasteiger partial charge in [0.15, 0.2) is 17.5 Å². The van der Waals surface area contributed by atoms with Gasteiger partial charge in [-0.15, -0.1) is 0 Å². The molecule has 2 N–H and O–H groups in total. The Morgan fingerprint density at radius 3 is 2.37 bits per heavy atom. The zero-order valence-corrected chi connectivity index (χ0v) is 9.93. The molecule has 1 aromatic rings. The maximum atomic E-state index is 13.2. The SMILES string of the molecule is COC(=O)NCCNC(=O)c1ccc(F)c(F)c1F. The van der Waals surface area contributed by atoms with Crippen LogP contribution in [0.1, 0.15) is 10.4 Å².